The third-order valence-corrected chi connectivity index (χ3v) is 5.21. The Morgan fingerprint density at radius 3 is 2.26 bits per heavy atom. The monoisotopic (exact) mass is 364 g/mol. The summed E-state index contributed by atoms with van der Waals surface area (Å²) in [5.74, 6) is 0.405. The van der Waals surface area contributed by atoms with Gasteiger partial charge in [0.05, 0.1) is 5.92 Å². The van der Waals surface area contributed by atoms with Gasteiger partial charge in [0.2, 0.25) is 5.91 Å². The Morgan fingerprint density at radius 2 is 1.63 bits per heavy atom. The lowest BCUT2D eigenvalue weighted by molar-refractivity contribution is -0.124. The zero-order chi connectivity index (χ0) is 19.2. The highest BCUT2D eigenvalue weighted by Gasteiger charge is 2.40. The maximum Gasteiger partial charge on any atom is 0.253 e. The van der Waals surface area contributed by atoms with E-state index in [1.54, 1.807) is 0 Å². The van der Waals surface area contributed by atoms with E-state index >= 15 is 0 Å². The van der Waals surface area contributed by atoms with Crippen LogP contribution in [-0.2, 0) is 4.79 Å². The van der Waals surface area contributed by atoms with E-state index < -0.39 is 0 Å². The predicted molar refractivity (Wildman–Crippen MR) is 107 cm³/mol. The van der Waals surface area contributed by atoms with Crippen LogP contribution in [0.5, 0.6) is 0 Å². The minimum absolute atomic E-state index is 0.00554. The molecule has 1 aliphatic rings. The summed E-state index contributed by atoms with van der Waals surface area (Å²) in [5.41, 5.74) is 1.79. The highest BCUT2D eigenvalue weighted by atomic mass is 16.2. The molecule has 142 valence electrons. The van der Waals surface area contributed by atoms with Crippen LogP contribution in [0.3, 0.4) is 0 Å². The molecule has 1 heterocycles. The number of nitrogens with one attached hydrogen (secondary N) is 1. The summed E-state index contributed by atoms with van der Waals surface area (Å²) in [5, 5.41) is 3.08. The van der Waals surface area contributed by atoms with Crippen molar-refractivity contribution in [3.63, 3.8) is 0 Å². The van der Waals surface area contributed by atoms with Gasteiger partial charge in [0, 0.05) is 31.1 Å². The van der Waals surface area contributed by atoms with Gasteiger partial charge in [-0.15, -0.1) is 0 Å². The highest BCUT2D eigenvalue weighted by molar-refractivity contribution is 5.95. The molecule has 2 aromatic carbocycles. The first-order valence-electron chi connectivity index (χ1n) is 9.73. The molecule has 0 unspecified atom stereocenters. The minimum atomic E-state index is -0.216. The first-order valence-corrected chi connectivity index (χ1v) is 9.73. The van der Waals surface area contributed by atoms with Gasteiger partial charge in [-0.3, -0.25) is 9.59 Å². The van der Waals surface area contributed by atoms with Gasteiger partial charge < -0.3 is 10.2 Å². The van der Waals surface area contributed by atoms with Crippen LogP contribution in [-0.4, -0.2) is 36.3 Å². The molecular weight excluding hydrogens is 336 g/mol. The Labute approximate surface area is 161 Å². The van der Waals surface area contributed by atoms with Crippen molar-refractivity contribution in [2.75, 3.05) is 19.6 Å². The van der Waals surface area contributed by atoms with E-state index in [1.165, 1.54) is 0 Å². The number of hydrogen-bond donors (Lipinski definition) is 1. The van der Waals surface area contributed by atoms with Gasteiger partial charge in [0.15, 0.2) is 0 Å². The summed E-state index contributed by atoms with van der Waals surface area (Å²) in [6.07, 6.45) is 0.959. The summed E-state index contributed by atoms with van der Waals surface area (Å²) >= 11 is 0. The zero-order valence-corrected chi connectivity index (χ0v) is 16.1. The Bertz CT molecular complexity index is 758. The summed E-state index contributed by atoms with van der Waals surface area (Å²) in [6, 6.07) is 19.4. The summed E-state index contributed by atoms with van der Waals surface area (Å²) in [4.78, 5) is 27.6. The molecule has 0 bridgehead atoms. The van der Waals surface area contributed by atoms with Crippen molar-refractivity contribution in [1.82, 2.24) is 10.2 Å². The molecule has 1 saturated heterocycles. The highest BCUT2D eigenvalue weighted by Crippen LogP contribution is 2.33. The number of amides is 2. The molecule has 0 spiro atoms. The molecule has 2 aromatic rings. The van der Waals surface area contributed by atoms with Crippen LogP contribution in [0.15, 0.2) is 60.7 Å². The number of carbonyl (C=O) groups excluding carboxylic acids is 2. The average Bonchev–Trinajstić information content (AvgIpc) is 3.14. The van der Waals surface area contributed by atoms with E-state index in [4.69, 9.17) is 0 Å². The van der Waals surface area contributed by atoms with Crippen LogP contribution in [0.2, 0.25) is 0 Å². The van der Waals surface area contributed by atoms with Crippen molar-refractivity contribution in [1.29, 1.82) is 0 Å². The average molecular weight is 364 g/mol. The van der Waals surface area contributed by atoms with E-state index in [0.717, 1.165) is 12.0 Å². The molecule has 0 saturated carbocycles. The first-order chi connectivity index (χ1) is 13.1. The molecule has 1 aliphatic heterocycles. The SMILES string of the molecule is CC(C)CCNC(=O)[C@H]1CN(C(=O)c2ccccc2)C[C@@H]1c1ccccc1. The fourth-order valence-corrected chi connectivity index (χ4v) is 3.65. The molecule has 4 nitrogen and oxygen atoms in total. The van der Waals surface area contributed by atoms with E-state index in [0.29, 0.717) is 31.1 Å². The lowest BCUT2D eigenvalue weighted by atomic mass is 9.88. The zero-order valence-electron chi connectivity index (χ0n) is 16.1. The summed E-state index contributed by atoms with van der Waals surface area (Å²) in [6.45, 7) is 6.01. The standard InChI is InChI=1S/C23H28N2O2/c1-17(2)13-14-24-22(26)21-16-25(23(27)19-11-7-4-8-12-19)15-20(21)18-9-5-3-6-10-18/h3-12,17,20-21H,13-16H2,1-2H3,(H,24,26)/t20-,21+/m1/s1. The number of nitrogens with zero attached hydrogens (tertiary/aromatic N) is 1. The van der Waals surface area contributed by atoms with Crippen molar-refractivity contribution in [2.45, 2.75) is 26.2 Å². The second-order valence-electron chi connectivity index (χ2n) is 7.67. The Kier molecular flexibility index (Phi) is 6.28. The van der Waals surface area contributed by atoms with Gasteiger partial charge in [-0.05, 0) is 30.0 Å². The quantitative estimate of drug-likeness (QED) is 0.850. The maximum absolute atomic E-state index is 12.9. The number of benzene rings is 2. The lowest BCUT2D eigenvalue weighted by Gasteiger charge is -2.18. The maximum atomic E-state index is 12.9. The van der Waals surface area contributed by atoms with E-state index in [1.807, 2.05) is 53.4 Å². The van der Waals surface area contributed by atoms with Crippen molar-refractivity contribution in [3.8, 4) is 0 Å². The fraction of sp³-hybridized carbons (Fsp3) is 0.391. The summed E-state index contributed by atoms with van der Waals surface area (Å²) in [7, 11) is 0. The van der Waals surface area contributed by atoms with Crippen molar-refractivity contribution in [3.05, 3.63) is 71.8 Å². The number of likely N-dealkylation sites (tertiary alicyclic amines) is 1. The van der Waals surface area contributed by atoms with Crippen molar-refractivity contribution >= 4 is 11.8 Å². The number of carbonyl (C=O) groups is 2. The molecule has 2 atom stereocenters. The third-order valence-electron chi connectivity index (χ3n) is 5.21. The predicted octanol–water partition coefficient (Wildman–Crippen LogP) is 3.70. The van der Waals surface area contributed by atoms with Gasteiger partial charge >= 0.3 is 0 Å². The molecule has 27 heavy (non-hydrogen) atoms. The normalized spacial score (nSPS) is 19.3. The summed E-state index contributed by atoms with van der Waals surface area (Å²) < 4.78 is 0. The molecule has 0 radical (unpaired) electrons. The van der Waals surface area contributed by atoms with Gasteiger partial charge in [-0.25, -0.2) is 0 Å². The minimum Gasteiger partial charge on any atom is -0.356 e. The molecule has 3 rings (SSSR count). The van der Waals surface area contributed by atoms with Gasteiger partial charge in [0.25, 0.3) is 5.91 Å². The fourth-order valence-electron chi connectivity index (χ4n) is 3.65. The van der Waals surface area contributed by atoms with E-state index in [2.05, 4.69) is 31.3 Å². The molecular formula is C23H28N2O2. The number of hydrogen-bond acceptors (Lipinski definition) is 2. The largest absolute Gasteiger partial charge is 0.356 e. The second kappa shape index (κ2) is 8.85. The van der Waals surface area contributed by atoms with Gasteiger partial charge in [0.1, 0.15) is 0 Å². The number of rotatable bonds is 6. The van der Waals surface area contributed by atoms with Crippen LogP contribution in [0.25, 0.3) is 0 Å². The third kappa shape index (κ3) is 4.76. The van der Waals surface area contributed by atoms with Crippen molar-refractivity contribution in [2.24, 2.45) is 11.8 Å². The van der Waals surface area contributed by atoms with Crippen LogP contribution in [0, 0.1) is 11.8 Å². The smallest absolute Gasteiger partial charge is 0.253 e. The molecule has 2 amide bonds. The van der Waals surface area contributed by atoms with E-state index in [9.17, 15) is 9.59 Å². The Hall–Kier alpha value is -2.62. The topological polar surface area (TPSA) is 49.4 Å². The first kappa shape index (κ1) is 19.2. The molecule has 1 fully saturated rings. The second-order valence-corrected chi connectivity index (χ2v) is 7.67. The molecule has 1 N–H and O–H groups in total. The molecule has 0 aliphatic carbocycles. The lowest BCUT2D eigenvalue weighted by Crippen LogP contribution is -2.36. The Balaban J connectivity index is 1.76. The van der Waals surface area contributed by atoms with E-state index in [-0.39, 0.29) is 23.7 Å². The van der Waals surface area contributed by atoms with Crippen LogP contribution in [0.1, 0.15) is 42.1 Å². The Morgan fingerprint density at radius 1 is 1.00 bits per heavy atom. The van der Waals surface area contributed by atoms with Crippen LogP contribution in [0.4, 0.5) is 0 Å². The van der Waals surface area contributed by atoms with Gasteiger partial charge in [-0.2, -0.15) is 0 Å². The van der Waals surface area contributed by atoms with Crippen LogP contribution < -0.4 is 5.32 Å². The molecule has 0 aromatic heterocycles. The van der Waals surface area contributed by atoms with Gasteiger partial charge in [-0.1, -0.05) is 62.4 Å². The van der Waals surface area contributed by atoms with Crippen LogP contribution >= 0.6 is 0 Å². The van der Waals surface area contributed by atoms with Crippen molar-refractivity contribution < 1.29 is 9.59 Å². The molecule has 4 heteroatoms.